The number of oxazole rings is 1. The first-order chi connectivity index (χ1) is 10.6. The van der Waals surface area contributed by atoms with E-state index in [-0.39, 0.29) is 12.3 Å². The molecule has 0 spiro atoms. The molecule has 0 bridgehead atoms. The monoisotopic (exact) mass is 291 g/mol. The third-order valence-electron chi connectivity index (χ3n) is 3.20. The van der Waals surface area contributed by atoms with Crippen molar-refractivity contribution in [2.24, 2.45) is 0 Å². The van der Waals surface area contributed by atoms with Gasteiger partial charge < -0.3 is 9.73 Å². The van der Waals surface area contributed by atoms with Gasteiger partial charge in [0, 0.05) is 12.6 Å². The number of nitriles is 1. The highest BCUT2D eigenvalue weighted by Crippen LogP contribution is 2.18. The Morgan fingerprint density at radius 2 is 2.18 bits per heavy atom. The number of carbonyl (C=O) groups excluding carboxylic acids is 1. The first kappa shape index (κ1) is 13.8. The van der Waals surface area contributed by atoms with Crippen LogP contribution in [0.1, 0.15) is 17.0 Å². The number of hydrogen-bond acceptors (Lipinski definition) is 4. The summed E-state index contributed by atoms with van der Waals surface area (Å²) in [6.07, 6.45) is 0.229. The van der Waals surface area contributed by atoms with E-state index in [0.717, 1.165) is 11.1 Å². The molecule has 0 saturated carbocycles. The molecule has 3 aromatic rings. The molecule has 1 aromatic heterocycles. The van der Waals surface area contributed by atoms with Crippen LogP contribution in [0.3, 0.4) is 0 Å². The van der Waals surface area contributed by atoms with E-state index in [2.05, 4.69) is 10.3 Å². The van der Waals surface area contributed by atoms with Crippen molar-refractivity contribution in [2.75, 3.05) is 5.32 Å². The van der Waals surface area contributed by atoms with Crippen molar-refractivity contribution in [1.29, 1.82) is 5.26 Å². The van der Waals surface area contributed by atoms with E-state index < -0.39 is 0 Å². The molecule has 0 radical (unpaired) electrons. The van der Waals surface area contributed by atoms with Gasteiger partial charge in [-0.05, 0) is 35.9 Å². The summed E-state index contributed by atoms with van der Waals surface area (Å²) in [5.74, 6) is 0.454. The van der Waals surface area contributed by atoms with Crippen molar-refractivity contribution in [3.05, 3.63) is 59.5 Å². The molecular formula is C17H13N3O2. The molecular weight excluding hydrogens is 278 g/mol. The van der Waals surface area contributed by atoms with Crippen LogP contribution in [-0.4, -0.2) is 10.9 Å². The van der Waals surface area contributed by atoms with Crippen LogP contribution in [0.25, 0.3) is 11.1 Å². The fourth-order valence-corrected chi connectivity index (χ4v) is 2.25. The maximum atomic E-state index is 12.1. The van der Waals surface area contributed by atoms with Gasteiger partial charge in [0.2, 0.25) is 5.91 Å². The second-order valence-electron chi connectivity index (χ2n) is 4.95. The summed E-state index contributed by atoms with van der Waals surface area (Å²) in [6, 6.07) is 14.4. The lowest BCUT2D eigenvalue weighted by atomic mass is 10.1. The second-order valence-corrected chi connectivity index (χ2v) is 4.95. The Morgan fingerprint density at radius 3 is 3.00 bits per heavy atom. The average molecular weight is 291 g/mol. The second kappa shape index (κ2) is 5.70. The molecule has 0 aliphatic rings. The van der Waals surface area contributed by atoms with E-state index in [1.54, 1.807) is 31.2 Å². The Hall–Kier alpha value is -3.13. The molecule has 3 rings (SSSR count). The van der Waals surface area contributed by atoms with Gasteiger partial charge in [0.25, 0.3) is 0 Å². The van der Waals surface area contributed by atoms with Crippen molar-refractivity contribution in [3.8, 4) is 6.07 Å². The first-order valence-corrected chi connectivity index (χ1v) is 6.80. The number of aryl methyl sites for hydroxylation is 1. The van der Waals surface area contributed by atoms with E-state index in [1.165, 1.54) is 0 Å². The van der Waals surface area contributed by atoms with Crippen molar-refractivity contribution in [2.45, 2.75) is 13.3 Å². The highest BCUT2D eigenvalue weighted by molar-refractivity contribution is 5.92. The number of hydrogen-bond donors (Lipinski definition) is 1. The normalized spacial score (nSPS) is 10.4. The number of rotatable bonds is 3. The van der Waals surface area contributed by atoms with Crippen molar-refractivity contribution < 1.29 is 9.21 Å². The maximum absolute atomic E-state index is 12.1. The molecule has 1 heterocycles. The van der Waals surface area contributed by atoms with Crippen LogP contribution in [0, 0.1) is 18.3 Å². The fourth-order valence-electron chi connectivity index (χ4n) is 2.25. The number of nitrogens with zero attached hydrogens (tertiary/aromatic N) is 2. The van der Waals surface area contributed by atoms with Gasteiger partial charge in [-0.2, -0.15) is 5.26 Å². The molecule has 0 saturated heterocycles. The number of amides is 1. The van der Waals surface area contributed by atoms with Crippen molar-refractivity contribution in [3.63, 3.8) is 0 Å². The van der Waals surface area contributed by atoms with E-state index in [4.69, 9.17) is 9.68 Å². The molecule has 1 N–H and O–H groups in total. The lowest BCUT2D eigenvalue weighted by Gasteiger charge is -2.05. The predicted molar refractivity (Wildman–Crippen MR) is 82.2 cm³/mol. The average Bonchev–Trinajstić information content (AvgIpc) is 2.86. The summed E-state index contributed by atoms with van der Waals surface area (Å²) in [5.41, 5.74) is 3.42. The molecule has 0 aliphatic heterocycles. The van der Waals surface area contributed by atoms with E-state index in [9.17, 15) is 4.79 Å². The number of nitrogens with one attached hydrogen (secondary N) is 1. The third-order valence-corrected chi connectivity index (χ3v) is 3.20. The predicted octanol–water partition coefficient (Wildman–Crippen LogP) is 3.19. The number of fused-ring (bicyclic) bond motifs is 1. The van der Waals surface area contributed by atoms with Crippen LogP contribution < -0.4 is 5.32 Å². The lowest BCUT2D eigenvalue weighted by molar-refractivity contribution is -0.115. The molecule has 5 heteroatoms. The molecule has 0 fully saturated rings. The number of carbonyl (C=O) groups is 1. The Bertz CT molecular complexity index is 890. The molecule has 0 aliphatic carbocycles. The van der Waals surface area contributed by atoms with Crippen molar-refractivity contribution in [1.82, 2.24) is 4.98 Å². The minimum Gasteiger partial charge on any atom is -0.441 e. The summed E-state index contributed by atoms with van der Waals surface area (Å²) in [4.78, 5) is 16.3. The molecule has 5 nitrogen and oxygen atoms in total. The highest BCUT2D eigenvalue weighted by Gasteiger charge is 2.08. The zero-order valence-electron chi connectivity index (χ0n) is 12.0. The van der Waals surface area contributed by atoms with Gasteiger partial charge in [0.15, 0.2) is 11.5 Å². The Kier molecular flexibility index (Phi) is 3.58. The zero-order valence-corrected chi connectivity index (χ0v) is 12.0. The first-order valence-electron chi connectivity index (χ1n) is 6.80. The van der Waals surface area contributed by atoms with Crippen LogP contribution in [0.2, 0.25) is 0 Å². The molecule has 22 heavy (non-hydrogen) atoms. The largest absolute Gasteiger partial charge is 0.441 e. The lowest BCUT2D eigenvalue weighted by Crippen LogP contribution is -2.14. The summed E-state index contributed by atoms with van der Waals surface area (Å²) < 4.78 is 5.46. The highest BCUT2D eigenvalue weighted by atomic mass is 16.3. The van der Waals surface area contributed by atoms with E-state index >= 15 is 0 Å². The van der Waals surface area contributed by atoms with Crippen LogP contribution in [0.5, 0.6) is 0 Å². The minimum atomic E-state index is -0.148. The van der Waals surface area contributed by atoms with Gasteiger partial charge in [0.1, 0.15) is 5.52 Å². The number of anilines is 1. The third kappa shape index (κ3) is 2.96. The SMILES string of the molecule is Cc1nc2ccc(CC(=O)Nc3cccc(C#N)c3)cc2o1. The van der Waals surface area contributed by atoms with Crippen LogP contribution in [0.4, 0.5) is 5.69 Å². The number of aromatic nitrogens is 1. The summed E-state index contributed by atoms with van der Waals surface area (Å²) in [7, 11) is 0. The van der Waals surface area contributed by atoms with E-state index in [1.807, 2.05) is 24.3 Å². The molecule has 108 valence electrons. The van der Waals surface area contributed by atoms with Crippen LogP contribution in [0.15, 0.2) is 46.9 Å². The molecule has 0 atom stereocenters. The smallest absolute Gasteiger partial charge is 0.228 e. The zero-order chi connectivity index (χ0) is 15.5. The van der Waals surface area contributed by atoms with Gasteiger partial charge in [-0.15, -0.1) is 0 Å². The Morgan fingerprint density at radius 1 is 1.32 bits per heavy atom. The summed E-state index contributed by atoms with van der Waals surface area (Å²) in [5, 5.41) is 11.6. The number of benzene rings is 2. The van der Waals surface area contributed by atoms with Crippen LogP contribution >= 0.6 is 0 Å². The fraction of sp³-hybridized carbons (Fsp3) is 0.118. The van der Waals surface area contributed by atoms with Crippen molar-refractivity contribution >= 4 is 22.7 Å². The Balaban J connectivity index is 1.73. The standard InChI is InChI=1S/C17H13N3O2/c1-11-19-15-6-5-12(8-16(15)22-11)9-17(21)20-14-4-2-3-13(7-14)10-18/h2-8H,9H2,1H3,(H,20,21). The van der Waals surface area contributed by atoms with Gasteiger partial charge in [-0.1, -0.05) is 12.1 Å². The summed E-state index contributed by atoms with van der Waals surface area (Å²) >= 11 is 0. The topological polar surface area (TPSA) is 78.9 Å². The molecule has 0 unspecified atom stereocenters. The van der Waals surface area contributed by atoms with Gasteiger partial charge in [-0.3, -0.25) is 4.79 Å². The maximum Gasteiger partial charge on any atom is 0.228 e. The molecule has 1 amide bonds. The summed E-state index contributed by atoms with van der Waals surface area (Å²) in [6.45, 7) is 1.79. The Labute approximate surface area is 127 Å². The van der Waals surface area contributed by atoms with Gasteiger partial charge in [0.05, 0.1) is 18.1 Å². The quantitative estimate of drug-likeness (QED) is 0.803. The minimum absolute atomic E-state index is 0.148. The van der Waals surface area contributed by atoms with Crippen LogP contribution in [-0.2, 0) is 11.2 Å². The van der Waals surface area contributed by atoms with Gasteiger partial charge in [-0.25, -0.2) is 4.98 Å². The van der Waals surface area contributed by atoms with Gasteiger partial charge >= 0.3 is 0 Å². The van der Waals surface area contributed by atoms with E-state index in [0.29, 0.717) is 22.7 Å². The molecule has 2 aromatic carbocycles.